The van der Waals surface area contributed by atoms with Crippen molar-refractivity contribution in [3.63, 3.8) is 0 Å². The van der Waals surface area contributed by atoms with Crippen LogP contribution in [0.4, 0.5) is 0 Å². The molecule has 3 rings (SSSR count). The maximum absolute atomic E-state index is 12.4. The fourth-order valence-corrected chi connectivity index (χ4v) is 4.27. The lowest BCUT2D eigenvalue weighted by Crippen LogP contribution is -2.30. The highest BCUT2D eigenvalue weighted by molar-refractivity contribution is 7.90. The summed E-state index contributed by atoms with van der Waals surface area (Å²) in [5.74, 6) is -0.702. The minimum Gasteiger partial charge on any atom is -0.267 e. The zero-order valence-electron chi connectivity index (χ0n) is 13.1. The first-order valence-corrected chi connectivity index (χ1v) is 9.90. The number of aryl methyl sites for hydroxylation is 1. The van der Waals surface area contributed by atoms with Crippen LogP contribution in [0.2, 0.25) is 5.02 Å². The molecule has 0 atom stereocenters. The SMILES string of the molecule is Cc1nc(-c2ccccc2)sc1C(=O)NS(=O)(=O)c1ccc(Cl)cc1. The number of halogens is 1. The second kappa shape index (κ2) is 6.95. The zero-order chi connectivity index (χ0) is 18.0. The summed E-state index contributed by atoms with van der Waals surface area (Å²) in [6.07, 6.45) is 0. The largest absolute Gasteiger partial charge is 0.277 e. The van der Waals surface area contributed by atoms with Gasteiger partial charge in [-0.2, -0.15) is 0 Å². The van der Waals surface area contributed by atoms with Crippen molar-refractivity contribution in [1.29, 1.82) is 0 Å². The Hall–Kier alpha value is -2.22. The molecule has 8 heteroatoms. The van der Waals surface area contributed by atoms with E-state index in [1.807, 2.05) is 30.3 Å². The van der Waals surface area contributed by atoms with Gasteiger partial charge in [0.15, 0.2) is 0 Å². The van der Waals surface area contributed by atoms with E-state index in [9.17, 15) is 13.2 Å². The molecule has 0 aliphatic heterocycles. The van der Waals surface area contributed by atoms with Gasteiger partial charge in [-0.3, -0.25) is 4.79 Å². The Labute approximate surface area is 154 Å². The molecular weight excluding hydrogens is 380 g/mol. The Balaban J connectivity index is 1.86. The summed E-state index contributed by atoms with van der Waals surface area (Å²) >= 11 is 6.91. The molecule has 0 bridgehead atoms. The number of nitrogens with one attached hydrogen (secondary N) is 1. The summed E-state index contributed by atoms with van der Waals surface area (Å²) in [4.78, 5) is 17.0. The van der Waals surface area contributed by atoms with Crippen molar-refractivity contribution < 1.29 is 13.2 Å². The van der Waals surface area contributed by atoms with Crippen LogP contribution in [-0.4, -0.2) is 19.3 Å². The molecule has 3 aromatic rings. The molecule has 1 heterocycles. The van der Waals surface area contributed by atoms with Gasteiger partial charge in [0.25, 0.3) is 15.9 Å². The summed E-state index contributed by atoms with van der Waals surface area (Å²) in [6.45, 7) is 1.67. The Morgan fingerprint density at radius 2 is 1.72 bits per heavy atom. The van der Waals surface area contributed by atoms with Crippen LogP contribution >= 0.6 is 22.9 Å². The predicted octanol–water partition coefficient (Wildman–Crippen LogP) is 3.89. The van der Waals surface area contributed by atoms with Crippen molar-refractivity contribution in [2.75, 3.05) is 0 Å². The molecule has 25 heavy (non-hydrogen) atoms. The third kappa shape index (κ3) is 3.89. The average Bonchev–Trinajstić information content (AvgIpc) is 2.98. The molecule has 0 aliphatic rings. The van der Waals surface area contributed by atoms with Crippen LogP contribution in [0, 0.1) is 6.92 Å². The van der Waals surface area contributed by atoms with E-state index in [1.165, 1.54) is 24.3 Å². The highest BCUT2D eigenvalue weighted by Crippen LogP contribution is 2.28. The van der Waals surface area contributed by atoms with Gasteiger partial charge < -0.3 is 0 Å². The number of sulfonamides is 1. The highest BCUT2D eigenvalue weighted by atomic mass is 35.5. The number of hydrogen-bond acceptors (Lipinski definition) is 5. The number of aromatic nitrogens is 1. The molecule has 1 N–H and O–H groups in total. The van der Waals surface area contributed by atoms with E-state index in [4.69, 9.17) is 11.6 Å². The van der Waals surface area contributed by atoms with Crippen molar-refractivity contribution >= 4 is 38.9 Å². The minimum absolute atomic E-state index is 0.0318. The Kier molecular flexibility index (Phi) is 4.89. The fraction of sp³-hybridized carbons (Fsp3) is 0.0588. The zero-order valence-corrected chi connectivity index (χ0v) is 15.5. The molecule has 1 aromatic heterocycles. The van der Waals surface area contributed by atoms with Crippen molar-refractivity contribution in [2.45, 2.75) is 11.8 Å². The van der Waals surface area contributed by atoms with Gasteiger partial charge in [0, 0.05) is 10.6 Å². The van der Waals surface area contributed by atoms with E-state index in [1.54, 1.807) is 6.92 Å². The Morgan fingerprint density at radius 3 is 2.36 bits per heavy atom. The van der Waals surface area contributed by atoms with Crippen LogP contribution in [0.3, 0.4) is 0 Å². The number of carbonyl (C=O) groups excluding carboxylic acids is 1. The molecule has 1 amide bonds. The van der Waals surface area contributed by atoms with Gasteiger partial charge in [-0.1, -0.05) is 41.9 Å². The van der Waals surface area contributed by atoms with Crippen LogP contribution in [0.1, 0.15) is 15.4 Å². The molecule has 128 valence electrons. The maximum Gasteiger partial charge on any atom is 0.277 e. The highest BCUT2D eigenvalue weighted by Gasteiger charge is 2.22. The van der Waals surface area contributed by atoms with Crippen molar-refractivity contribution in [3.8, 4) is 10.6 Å². The maximum atomic E-state index is 12.4. The summed E-state index contributed by atoms with van der Waals surface area (Å²) < 4.78 is 26.7. The second-order valence-corrected chi connectivity index (χ2v) is 8.31. The molecule has 0 radical (unpaired) electrons. The van der Waals surface area contributed by atoms with Crippen LogP contribution in [0.25, 0.3) is 10.6 Å². The Bertz CT molecular complexity index is 1010. The van der Waals surface area contributed by atoms with Gasteiger partial charge in [0.2, 0.25) is 0 Å². The van der Waals surface area contributed by atoms with Gasteiger partial charge in [-0.15, -0.1) is 11.3 Å². The van der Waals surface area contributed by atoms with E-state index in [0.717, 1.165) is 16.9 Å². The number of thiazole rings is 1. The van der Waals surface area contributed by atoms with Crippen LogP contribution in [-0.2, 0) is 10.0 Å². The first-order valence-electron chi connectivity index (χ1n) is 7.22. The number of carbonyl (C=O) groups is 1. The summed E-state index contributed by atoms with van der Waals surface area (Å²) in [5, 5.41) is 1.07. The number of amides is 1. The smallest absolute Gasteiger partial charge is 0.267 e. The van der Waals surface area contributed by atoms with Gasteiger partial charge in [-0.05, 0) is 31.2 Å². The van der Waals surface area contributed by atoms with Gasteiger partial charge in [-0.25, -0.2) is 18.1 Å². The topological polar surface area (TPSA) is 76.1 Å². The van der Waals surface area contributed by atoms with E-state index >= 15 is 0 Å². The predicted molar refractivity (Wildman–Crippen MR) is 98.4 cm³/mol. The van der Waals surface area contributed by atoms with Gasteiger partial charge in [0.1, 0.15) is 9.88 Å². The van der Waals surface area contributed by atoms with Gasteiger partial charge >= 0.3 is 0 Å². The van der Waals surface area contributed by atoms with Crippen molar-refractivity contribution in [3.05, 3.63) is 70.2 Å². The van der Waals surface area contributed by atoms with E-state index in [2.05, 4.69) is 9.71 Å². The fourth-order valence-electron chi connectivity index (χ4n) is 2.15. The molecule has 0 unspecified atom stereocenters. The first kappa shape index (κ1) is 17.6. The summed E-state index contributed by atoms with van der Waals surface area (Å²) in [6, 6.07) is 15.0. The van der Waals surface area contributed by atoms with Gasteiger partial charge in [0.05, 0.1) is 10.6 Å². The number of hydrogen-bond donors (Lipinski definition) is 1. The molecule has 2 aromatic carbocycles. The lowest BCUT2D eigenvalue weighted by Gasteiger charge is -2.06. The van der Waals surface area contributed by atoms with Crippen LogP contribution in [0.15, 0.2) is 59.5 Å². The molecule has 0 saturated carbocycles. The number of rotatable bonds is 4. The third-order valence-electron chi connectivity index (χ3n) is 3.37. The Morgan fingerprint density at radius 1 is 1.08 bits per heavy atom. The normalized spacial score (nSPS) is 11.3. The van der Waals surface area contributed by atoms with E-state index < -0.39 is 15.9 Å². The monoisotopic (exact) mass is 392 g/mol. The standard InChI is InChI=1S/C17H13ClN2O3S2/c1-11-15(24-17(19-11)12-5-3-2-4-6-12)16(21)20-25(22,23)14-9-7-13(18)8-10-14/h2-10H,1H3,(H,20,21). The molecular formula is C17H13ClN2O3S2. The molecule has 0 aliphatic carbocycles. The van der Waals surface area contributed by atoms with Crippen molar-refractivity contribution in [2.24, 2.45) is 0 Å². The molecule has 5 nitrogen and oxygen atoms in total. The summed E-state index contributed by atoms with van der Waals surface area (Å²) in [5.41, 5.74) is 1.35. The van der Waals surface area contributed by atoms with Crippen molar-refractivity contribution in [1.82, 2.24) is 9.71 Å². The second-order valence-electron chi connectivity index (χ2n) is 5.19. The third-order valence-corrected chi connectivity index (χ3v) is 6.18. The molecule has 0 fully saturated rings. The lowest BCUT2D eigenvalue weighted by molar-refractivity contribution is 0.0984. The van der Waals surface area contributed by atoms with Crippen LogP contribution in [0.5, 0.6) is 0 Å². The molecule has 0 saturated heterocycles. The van der Waals surface area contributed by atoms with E-state index in [0.29, 0.717) is 15.7 Å². The van der Waals surface area contributed by atoms with Crippen LogP contribution < -0.4 is 4.72 Å². The first-order chi connectivity index (χ1) is 11.9. The molecule has 0 spiro atoms. The minimum atomic E-state index is -3.98. The number of benzene rings is 2. The summed E-state index contributed by atoms with van der Waals surface area (Å²) in [7, 11) is -3.98. The lowest BCUT2D eigenvalue weighted by atomic mass is 10.2. The quantitative estimate of drug-likeness (QED) is 0.730. The van der Waals surface area contributed by atoms with E-state index in [-0.39, 0.29) is 9.77 Å². The average molecular weight is 393 g/mol. The number of nitrogens with zero attached hydrogens (tertiary/aromatic N) is 1.